The van der Waals surface area contributed by atoms with E-state index < -0.39 is 0 Å². The van der Waals surface area contributed by atoms with Crippen LogP contribution in [-0.2, 0) is 6.54 Å². The summed E-state index contributed by atoms with van der Waals surface area (Å²) in [5.41, 5.74) is 0.871. The Kier molecular flexibility index (Phi) is 8.10. The average Bonchev–Trinajstić information content (AvgIpc) is 2.52. The fourth-order valence-corrected chi connectivity index (χ4v) is 2.14. The Morgan fingerprint density at radius 3 is 2.65 bits per heavy atom. The minimum atomic E-state index is -0.337. The van der Waals surface area contributed by atoms with Crippen molar-refractivity contribution >= 4 is 5.96 Å². The molecule has 0 saturated carbocycles. The van der Waals surface area contributed by atoms with Gasteiger partial charge in [-0.15, -0.1) is 0 Å². The topological polar surface area (TPSA) is 60.2 Å². The van der Waals surface area contributed by atoms with Crippen LogP contribution < -0.4 is 10.6 Å². The fourth-order valence-electron chi connectivity index (χ4n) is 2.14. The van der Waals surface area contributed by atoms with Crippen LogP contribution in [-0.4, -0.2) is 18.5 Å². The fraction of sp³-hybridized carbons (Fsp3) is 0.556. The highest BCUT2D eigenvalue weighted by molar-refractivity contribution is 5.80. The third-order valence-electron chi connectivity index (χ3n) is 3.49. The van der Waals surface area contributed by atoms with Gasteiger partial charge in [0.1, 0.15) is 5.82 Å². The summed E-state index contributed by atoms with van der Waals surface area (Å²) in [6.07, 6.45) is 2.20. The van der Waals surface area contributed by atoms with Crippen LogP contribution >= 0.6 is 0 Å². The van der Waals surface area contributed by atoms with E-state index in [1.165, 1.54) is 12.1 Å². The van der Waals surface area contributed by atoms with Crippen molar-refractivity contribution < 1.29 is 4.39 Å². The van der Waals surface area contributed by atoms with Crippen molar-refractivity contribution in [3.05, 3.63) is 35.1 Å². The van der Waals surface area contributed by atoms with Gasteiger partial charge in [-0.05, 0) is 50.8 Å². The van der Waals surface area contributed by atoms with E-state index in [1.807, 2.05) is 13.0 Å². The molecule has 2 N–H and O–H groups in total. The first kappa shape index (κ1) is 19.0. The standard InChI is InChI=1S/C18H27FN4/c1-5-21-18(23-14(4)7-6-13(2)3)22-12-16-10-15(11-20)8-9-17(16)19/h8-10,13-14H,5-7,12H2,1-4H3,(H2,21,22,23). The van der Waals surface area contributed by atoms with Gasteiger partial charge in [-0.1, -0.05) is 13.8 Å². The third kappa shape index (κ3) is 7.14. The molecule has 23 heavy (non-hydrogen) atoms. The van der Waals surface area contributed by atoms with Crippen molar-refractivity contribution in [2.24, 2.45) is 10.9 Å². The summed E-state index contributed by atoms with van der Waals surface area (Å²) < 4.78 is 13.8. The van der Waals surface area contributed by atoms with Gasteiger partial charge in [0.05, 0.1) is 18.2 Å². The molecule has 126 valence electrons. The summed E-state index contributed by atoms with van der Waals surface area (Å²) in [4.78, 5) is 4.43. The Labute approximate surface area is 138 Å². The van der Waals surface area contributed by atoms with E-state index in [9.17, 15) is 4.39 Å². The second-order valence-corrected chi connectivity index (χ2v) is 6.13. The molecule has 0 aliphatic carbocycles. The maximum absolute atomic E-state index is 13.8. The zero-order valence-electron chi connectivity index (χ0n) is 14.5. The lowest BCUT2D eigenvalue weighted by Gasteiger charge is -2.18. The van der Waals surface area contributed by atoms with Crippen LogP contribution in [0.15, 0.2) is 23.2 Å². The van der Waals surface area contributed by atoms with E-state index in [0.717, 1.165) is 19.4 Å². The predicted molar refractivity (Wildman–Crippen MR) is 92.6 cm³/mol. The summed E-state index contributed by atoms with van der Waals surface area (Å²) in [6.45, 7) is 9.46. The van der Waals surface area contributed by atoms with Crippen molar-refractivity contribution in [1.82, 2.24) is 10.6 Å². The summed E-state index contributed by atoms with van der Waals surface area (Å²) >= 11 is 0. The number of halogens is 1. The molecule has 1 atom stereocenters. The first-order chi connectivity index (χ1) is 11.0. The van der Waals surface area contributed by atoms with Gasteiger partial charge in [-0.3, -0.25) is 0 Å². The van der Waals surface area contributed by atoms with E-state index in [2.05, 4.69) is 36.4 Å². The van der Waals surface area contributed by atoms with Crippen LogP contribution in [0.4, 0.5) is 4.39 Å². The molecule has 4 nitrogen and oxygen atoms in total. The lowest BCUT2D eigenvalue weighted by Crippen LogP contribution is -2.42. The zero-order valence-corrected chi connectivity index (χ0v) is 14.5. The Bertz CT molecular complexity index is 561. The largest absolute Gasteiger partial charge is 0.357 e. The Morgan fingerprint density at radius 1 is 1.30 bits per heavy atom. The van der Waals surface area contributed by atoms with Crippen LogP contribution in [0.5, 0.6) is 0 Å². The first-order valence-corrected chi connectivity index (χ1v) is 8.19. The molecule has 0 saturated heterocycles. The van der Waals surface area contributed by atoms with E-state index in [4.69, 9.17) is 5.26 Å². The molecule has 0 aromatic heterocycles. The minimum absolute atomic E-state index is 0.202. The number of benzene rings is 1. The molecule has 0 spiro atoms. The van der Waals surface area contributed by atoms with Crippen LogP contribution in [0.2, 0.25) is 0 Å². The summed E-state index contributed by atoms with van der Waals surface area (Å²) in [7, 11) is 0. The van der Waals surface area contributed by atoms with Crippen LogP contribution in [0.25, 0.3) is 0 Å². The number of guanidine groups is 1. The number of hydrogen-bond acceptors (Lipinski definition) is 2. The molecule has 0 radical (unpaired) electrons. The molecule has 1 unspecified atom stereocenters. The summed E-state index contributed by atoms with van der Waals surface area (Å²) in [5, 5.41) is 15.4. The molecular formula is C18H27FN4. The molecule has 5 heteroatoms. The number of hydrogen-bond donors (Lipinski definition) is 2. The van der Waals surface area contributed by atoms with Crippen molar-refractivity contribution in [2.45, 2.75) is 53.1 Å². The maximum Gasteiger partial charge on any atom is 0.191 e. The van der Waals surface area contributed by atoms with E-state index in [-0.39, 0.29) is 12.4 Å². The van der Waals surface area contributed by atoms with Gasteiger partial charge in [-0.25, -0.2) is 9.38 Å². The lowest BCUT2D eigenvalue weighted by atomic mass is 10.0. The predicted octanol–water partition coefficient (Wildman–Crippen LogP) is 3.58. The van der Waals surface area contributed by atoms with Crippen molar-refractivity contribution in [3.8, 4) is 6.07 Å². The van der Waals surface area contributed by atoms with Crippen molar-refractivity contribution in [1.29, 1.82) is 5.26 Å². The molecule has 0 fully saturated rings. The van der Waals surface area contributed by atoms with Crippen molar-refractivity contribution in [2.75, 3.05) is 6.54 Å². The Hall–Kier alpha value is -2.09. The molecule has 0 aliphatic heterocycles. The van der Waals surface area contributed by atoms with Crippen LogP contribution in [0.3, 0.4) is 0 Å². The third-order valence-corrected chi connectivity index (χ3v) is 3.49. The number of nitrogens with one attached hydrogen (secondary N) is 2. The van der Waals surface area contributed by atoms with E-state index in [0.29, 0.717) is 29.0 Å². The zero-order chi connectivity index (χ0) is 17.2. The van der Waals surface area contributed by atoms with Gasteiger partial charge in [0.15, 0.2) is 5.96 Å². The number of nitrogens with zero attached hydrogens (tertiary/aromatic N) is 2. The molecule has 1 aromatic carbocycles. The Morgan fingerprint density at radius 2 is 2.04 bits per heavy atom. The minimum Gasteiger partial charge on any atom is -0.357 e. The van der Waals surface area contributed by atoms with Gasteiger partial charge < -0.3 is 10.6 Å². The monoisotopic (exact) mass is 318 g/mol. The van der Waals surface area contributed by atoms with Gasteiger partial charge in [0.2, 0.25) is 0 Å². The summed E-state index contributed by atoms with van der Waals surface area (Å²) in [5.74, 6) is 1.00. The highest BCUT2D eigenvalue weighted by Gasteiger charge is 2.08. The SMILES string of the molecule is CCNC(=NCc1cc(C#N)ccc1F)NC(C)CCC(C)C. The molecule has 0 aliphatic rings. The van der Waals surface area contributed by atoms with Gasteiger partial charge in [0.25, 0.3) is 0 Å². The highest BCUT2D eigenvalue weighted by atomic mass is 19.1. The number of nitriles is 1. The molecule has 1 rings (SSSR count). The van der Waals surface area contributed by atoms with Gasteiger partial charge >= 0.3 is 0 Å². The average molecular weight is 318 g/mol. The first-order valence-electron chi connectivity index (χ1n) is 8.19. The molecule has 0 heterocycles. The van der Waals surface area contributed by atoms with Crippen LogP contribution in [0, 0.1) is 23.1 Å². The number of aliphatic imine (C=N–C) groups is 1. The number of rotatable bonds is 7. The second kappa shape index (κ2) is 9.83. The molecule has 0 bridgehead atoms. The van der Waals surface area contributed by atoms with Gasteiger partial charge in [0, 0.05) is 18.2 Å². The lowest BCUT2D eigenvalue weighted by molar-refractivity contribution is 0.489. The normalized spacial score (nSPS) is 12.8. The molecular weight excluding hydrogens is 291 g/mol. The quantitative estimate of drug-likeness (QED) is 0.597. The van der Waals surface area contributed by atoms with Gasteiger partial charge in [-0.2, -0.15) is 5.26 Å². The Balaban J connectivity index is 2.73. The van der Waals surface area contributed by atoms with Crippen LogP contribution in [0.1, 0.15) is 51.7 Å². The second-order valence-electron chi connectivity index (χ2n) is 6.13. The maximum atomic E-state index is 13.8. The molecule has 0 amide bonds. The summed E-state index contributed by atoms with van der Waals surface area (Å²) in [6, 6.07) is 6.65. The van der Waals surface area contributed by atoms with E-state index >= 15 is 0 Å². The molecule has 1 aromatic rings. The van der Waals surface area contributed by atoms with Crippen molar-refractivity contribution in [3.63, 3.8) is 0 Å². The highest BCUT2D eigenvalue weighted by Crippen LogP contribution is 2.11. The van der Waals surface area contributed by atoms with E-state index in [1.54, 1.807) is 6.07 Å². The smallest absolute Gasteiger partial charge is 0.191 e.